The van der Waals surface area contributed by atoms with Gasteiger partial charge in [-0.25, -0.2) is 4.98 Å². The maximum atomic E-state index is 6.26. The van der Waals surface area contributed by atoms with Crippen LogP contribution in [0.15, 0.2) is 18.2 Å². The normalized spacial score (nSPS) is 28.1. The Kier molecular flexibility index (Phi) is 2.67. The van der Waals surface area contributed by atoms with Gasteiger partial charge in [0.2, 0.25) is 0 Å². The topological polar surface area (TPSA) is 54.7 Å². The van der Waals surface area contributed by atoms with Gasteiger partial charge in [0.25, 0.3) is 0 Å². The number of nitrogens with zero attached hydrogens (tertiary/aromatic N) is 1. The van der Waals surface area contributed by atoms with Crippen molar-refractivity contribution in [3.05, 3.63) is 29.6 Å². The highest BCUT2D eigenvalue weighted by Gasteiger charge is 2.40. The molecule has 3 heteroatoms. The van der Waals surface area contributed by atoms with E-state index in [1.165, 1.54) is 12.0 Å². The number of fused-ring (bicyclic) bond motifs is 1. The second kappa shape index (κ2) is 4.09. The van der Waals surface area contributed by atoms with Gasteiger partial charge in [-0.3, -0.25) is 0 Å². The summed E-state index contributed by atoms with van der Waals surface area (Å²) >= 11 is 0. The Hall–Kier alpha value is -1.35. The summed E-state index contributed by atoms with van der Waals surface area (Å²) in [6.45, 7) is 4.41. The number of benzene rings is 1. The summed E-state index contributed by atoms with van der Waals surface area (Å²) in [6.07, 6.45) is 4.50. The number of imidazole rings is 1. The van der Waals surface area contributed by atoms with Gasteiger partial charge < -0.3 is 10.7 Å². The fourth-order valence-corrected chi connectivity index (χ4v) is 3.03. The van der Waals surface area contributed by atoms with Crippen molar-refractivity contribution in [1.29, 1.82) is 0 Å². The SMILES string of the molecule is CCc1ccc2nc(C3(C)CCCC3N)[nH]c2c1. The number of nitrogens with two attached hydrogens (primary N) is 1. The molecule has 1 heterocycles. The van der Waals surface area contributed by atoms with Crippen LogP contribution in [0, 0.1) is 0 Å². The largest absolute Gasteiger partial charge is 0.341 e. The first-order valence-electron chi connectivity index (χ1n) is 6.88. The Morgan fingerprint density at radius 3 is 3.00 bits per heavy atom. The number of H-pyrrole nitrogens is 1. The summed E-state index contributed by atoms with van der Waals surface area (Å²) in [7, 11) is 0. The van der Waals surface area contributed by atoms with Crippen molar-refractivity contribution in [1.82, 2.24) is 9.97 Å². The van der Waals surface area contributed by atoms with Crippen LogP contribution < -0.4 is 5.73 Å². The highest BCUT2D eigenvalue weighted by atomic mass is 15.0. The number of hydrogen-bond acceptors (Lipinski definition) is 2. The van der Waals surface area contributed by atoms with Crippen molar-refractivity contribution in [2.45, 2.75) is 51.0 Å². The van der Waals surface area contributed by atoms with Crippen molar-refractivity contribution in [2.75, 3.05) is 0 Å². The molecule has 0 saturated heterocycles. The Labute approximate surface area is 108 Å². The van der Waals surface area contributed by atoms with E-state index in [-0.39, 0.29) is 11.5 Å². The van der Waals surface area contributed by atoms with E-state index in [9.17, 15) is 0 Å². The number of aromatic amines is 1. The number of rotatable bonds is 2. The van der Waals surface area contributed by atoms with Gasteiger partial charge in [-0.05, 0) is 37.0 Å². The van der Waals surface area contributed by atoms with Gasteiger partial charge in [-0.2, -0.15) is 0 Å². The van der Waals surface area contributed by atoms with Crippen LogP contribution in [0.2, 0.25) is 0 Å². The molecule has 3 nitrogen and oxygen atoms in total. The first-order valence-corrected chi connectivity index (χ1v) is 6.88. The zero-order valence-corrected chi connectivity index (χ0v) is 11.2. The Bertz CT molecular complexity index is 572. The molecule has 1 aliphatic carbocycles. The molecule has 1 aromatic heterocycles. The smallest absolute Gasteiger partial charge is 0.114 e. The number of hydrogen-bond donors (Lipinski definition) is 2. The molecule has 0 aliphatic heterocycles. The lowest BCUT2D eigenvalue weighted by Crippen LogP contribution is -2.39. The second-order valence-corrected chi connectivity index (χ2v) is 5.71. The van der Waals surface area contributed by atoms with Gasteiger partial charge in [-0.15, -0.1) is 0 Å². The molecule has 96 valence electrons. The van der Waals surface area contributed by atoms with E-state index in [1.54, 1.807) is 0 Å². The predicted octanol–water partition coefficient (Wildman–Crippen LogP) is 2.89. The highest BCUT2D eigenvalue weighted by Crippen LogP contribution is 2.39. The van der Waals surface area contributed by atoms with Crippen LogP contribution in [-0.4, -0.2) is 16.0 Å². The lowest BCUT2D eigenvalue weighted by atomic mass is 9.84. The van der Waals surface area contributed by atoms with Crippen LogP contribution in [0.3, 0.4) is 0 Å². The zero-order valence-electron chi connectivity index (χ0n) is 11.2. The van der Waals surface area contributed by atoms with Crippen LogP contribution in [0.1, 0.15) is 44.5 Å². The minimum atomic E-state index is 0.0192. The fourth-order valence-electron chi connectivity index (χ4n) is 3.03. The molecule has 2 atom stereocenters. The van der Waals surface area contributed by atoms with Gasteiger partial charge in [-0.1, -0.05) is 26.3 Å². The van der Waals surface area contributed by atoms with Crippen molar-refractivity contribution < 1.29 is 0 Å². The van der Waals surface area contributed by atoms with Crippen molar-refractivity contribution in [2.24, 2.45) is 5.73 Å². The van der Waals surface area contributed by atoms with E-state index < -0.39 is 0 Å². The van der Waals surface area contributed by atoms with Gasteiger partial charge in [0.1, 0.15) is 5.82 Å². The number of aromatic nitrogens is 2. The molecule has 2 unspecified atom stereocenters. The molecule has 3 N–H and O–H groups in total. The highest BCUT2D eigenvalue weighted by molar-refractivity contribution is 5.76. The lowest BCUT2D eigenvalue weighted by molar-refractivity contribution is 0.409. The van der Waals surface area contributed by atoms with Crippen molar-refractivity contribution >= 4 is 11.0 Å². The van der Waals surface area contributed by atoms with E-state index in [1.807, 2.05) is 0 Å². The number of aryl methyl sites for hydroxylation is 1. The van der Waals surface area contributed by atoms with E-state index in [4.69, 9.17) is 10.7 Å². The minimum Gasteiger partial charge on any atom is -0.341 e. The third-order valence-corrected chi connectivity index (χ3v) is 4.53. The first kappa shape index (κ1) is 11.7. The van der Waals surface area contributed by atoms with E-state index in [0.29, 0.717) is 0 Å². The van der Waals surface area contributed by atoms with E-state index in [2.05, 4.69) is 37.0 Å². The van der Waals surface area contributed by atoms with E-state index in [0.717, 1.165) is 36.1 Å². The maximum Gasteiger partial charge on any atom is 0.114 e. The van der Waals surface area contributed by atoms with E-state index >= 15 is 0 Å². The second-order valence-electron chi connectivity index (χ2n) is 5.71. The quantitative estimate of drug-likeness (QED) is 0.852. The Balaban J connectivity index is 2.08. The zero-order chi connectivity index (χ0) is 12.8. The van der Waals surface area contributed by atoms with Crippen molar-refractivity contribution in [3.63, 3.8) is 0 Å². The van der Waals surface area contributed by atoms with Gasteiger partial charge in [0.15, 0.2) is 0 Å². The molecule has 2 aromatic rings. The van der Waals surface area contributed by atoms with Crippen LogP contribution in [0.25, 0.3) is 11.0 Å². The minimum absolute atomic E-state index is 0.0192. The maximum absolute atomic E-state index is 6.26. The molecule has 1 aromatic carbocycles. The predicted molar refractivity (Wildman–Crippen MR) is 74.7 cm³/mol. The monoisotopic (exact) mass is 243 g/mol. The first-order chi connectivity index (χ1) is 8.63. The molecule has 0 spiro atoms. The lowest BCUT2D eigenvalue weighted by Gasteiger charge is -2.26. The summed E-state index contributed by atoms with van der Waals surface area (Å²) in [5.74, 6) is 1.07. The summed E-state index contributed by atoms with van der Waals surface area (Å²) in [5.41, 5.74) is 9.83. The average molecular weight is 243 g/mol. The molecule has 18 heavy (non-hydrogen) atoms. The molecule has 0 bridgehead atoms. The summed E-state index contributed by atoms with van der Waals surface area (Å²) in [4.78, 5) is 8.25. The molecule has 0 radical (unpaired) electrons. The molecule has 1 fully saturated rings. The molecule has 3 rings (SSSR count). The van der Waals surface area contributed by atoms with Crippen molar-refractivity contribution in [3.8, 4) is 0 Å². The standard InChI is InChI=1S/C15H21N3/c1-3-10-6-7-11-12(9-10)18-14(17-11)15(2)8-4-5-13(15)16/h6-7,9,13H,3-5,8,16H2,1-2H3,(H,17,18). The molecule has 1 aliphatic rings. The van der Waals surface area contributed by atoms with Crippen LogP contribution in [-0.2, 0) is 11.8 Å². The number of nitrogens with one attached hydrogen (secondary N) is 1. The van der Waals surface area contributed by atoms with Gasteiger partial charge >= 0.3 is 0 Å². The average Bonchev–Trinajstić information content (AvgIpc) is 2.94. The summed E-state index contributed by atoms with van der Waals surface area (Å²) < 4.78 is 0. The summed E-state index contributed by atoms with van der Waals surface area (Å²) in [6, 6.07) is 6.70. The molecule has 1 saturated carbocycles. The Morgan fingerprint density at radius 2 is 2.33 bits per heavy atom. The fraction of sp³-hybridized carbons (Fsp3) is 0.533. The summed E-state index contributed by atoms with van der Waals surface area (Å²) in [5, 5.41) is 0. The molecule has 0 amide bonds. The van der Waals surface area contributed by atoms with Gasteiger partial charge in [0.05, 0.1) is 11.0 Å². The van der Waals surface area contributed by atoms with Crippen LogP contribution in [0.5, 0.6) is 0 Å². The Morgan fingerprint density at radius 1 is 1.50 bits per heavy atom. The third-order valence-electron chi connectivity index (χ3n) is 4.53. The molecular formula is C15H21N3. The van der Waals surface area contributed by atoms with Crippen LogP contribution in [0.4, 0.5) is 0 Å². The third kappa shape index (κ3) is 1.65. The molecular weight excluding hydrogens is 222 g/mol. The van der Waals surface area contributed by atoms with Crippen LogP contribution >= 0.6 is 0 Å². The van der Waals surface area contributed by atoms with Gasteiger partial charge in [0, 0.05) is 11.5 Å².